The molecule has 1 fully saturated rings. The molecule has 128 valence electrons. The summed E-state index contributed by atoms with van der Waals surface area (Å²) in [6, 6.07) is 10.4. The van der Waals surface area contributed by atoms with Gasteiger partial charge in [0.05, 0.1) is 24.8 Å². The molecule has 24 heavy (non-hydrogen) atoms. The van der Waals surface area contributed by atoms with Gasteiger partial charge in [0, 0.05) is 22.9 Å². The summed E-state index contributed by atoms with van der Waals surface area (Å²) in [5, 5.41) is 4.39. The third-order valence-electron chi connectivity index (χ3n) is 5.23. The van der Waals surface area contributed by atoms with Gasteiger partial charge in [0.2, 0.25) is 5.91 Å². The van der Waals surface area contributed by atoms with Crippen molar-refractivity contribution in [3.05, 3.63) is 42.1 Å². The molecule has 2 heterocycles. The predicted octanol–water partition coefficient (Wildman–Crippen LogP) is 3.34. The van der Waals surface area contributed by atoms with Crippen molar-refractivity contribution in [2.45, 2.75) is 39.7 Å². The van der Waals surface area contributed by atoms with Crippen LogP contribution in [0.3, 0.4) is 0 Å². The summed E-state index contributed by atoms with van der Waals surface area (Å²) >= 11 is 0. The second kappa shape index (κ2) is 6.89. The number of para-hydroxylation sites is 1. The van der Waals surface area contributed by atoms with Gasteiger partial charge in [-0.1, -0.05) is 39.0 Å². The van der Waals surface area contributed by atoms with Gasteiger partial charge in [-0.15, -0.1) is 0 Å². The molecule has 1 amide bonds. The van der Waals surface area contributed by atoms with Gasteiger partial charge in [0.15, 0.2) is 0 Å². The highest BCUT2D eigenvalue weighted by Gasteiger charge is 2.34. The number of carbonyl (C=O) groups is 1. The third kappa shape index (κ3) is 3.44. The molecule has 2 aromatic rings. The summed E-state index contributed by atoms with van der Waals surface area (Å²) in [6.07, 6.45) is 3.58. The molecule has 0 bridgehead atoms. The van der Waals surface area contributed by atoms with E-state index in [0.717, 1.165) is 18.4 Å². The number of aromatic nitrogens is 1. The minimum Gasteiger partial charge on any atom is -0.379 e. The van der Waals surface area contributed by atoms with Gasteiger partial charge in [0.25, 0.3) is 0 Å². The summed E-state index contributed by atoms with van der Waals surface area (Å²) in [6.45, 7) is 7.31. The van der Waals surface area contributed by atoms with E-state index in [1.807, 2.05) is 45.2 Å². The van der Waals surface area contributed by atoms with Crippen molar-refractivity contribution < 1.29 is 9.53 Å². The number of fused-ring (bicyclic) bond motifs is 1. The molecule has 1 N–H and O–H groups in total. The lowest BCUT2D eigenvalue weighted by Crippen LogP contribution is -2.46. The second-order valence-corrected chi connectivity index (χ2v) is 7.31. The normalized spacial score (nSPS) is 21.1. The molecule has 2 unspecified atom stereocenters. The van der Waals surface area contributed by atoms with Gasteiger partial charge in [-0.2, -0.15) is 0 Å². The number of hydrogen-bond acceptors (Lipinski definition) is 3. The lowest BCUT2D eigenvalue weighted by atomic mass is 9.87. The van der Waals surface area contributed by atoms with Crippen LogP contribution in [0.25, 0.3) is 10.9 Å². The van der Waals surface area contributed by atoms with Gasteiger partial charge < -0.3 is 10.1 Å². The van der Waals surface area contributed by atoms with E-state index in [9.17, 15) is 4.79 Å². The fourth-order valence-corrected chi connectivity index (χ4v) is 3.10. The number of pyridine rings is 1. The molecule has 0 spiro atoms. The quantitative estimate of drug-likeness (QED) is 0.917. The Morgan fingerprint density at radius 1 is 1.29 bits per heavy atom. The Morgan fingerprint density at radius 2 is 2.08 bits per heavy atom. The van der Waals surface area contributed by atoms with Crippen LogP contribution in [0.2, 0.25) is 0 Å². The topological polar surface area (TPSA) is 51.2 Å². The monoisotopic (exact) mass is 326 g/mol. The Bertz CT molecular complexity index is 721. The number of benzene rings is 1. The van der Waals surface area contributed by atoms with Crippen molar-refractivity contribution in [1.82, 2.24) is 10.3 Å². The second-order valence-electron chi connectivity index (χ2n) is 7.31. The van der Waals surface area contributed by atoms with Crippen LogP contribution in [0.5, 0.6) is 0 Å². The molecule has 1 aromatic heterocycles. The zero-order chi connectivity index (χ0) is 17.2. The average Bonchev–Trinajstić information content (AvgIpc) is 3.02. The van der Waals surface area contributed by atoms with E-state index in [1.165, 1.54) is 10.9 Å². The molecular weight excluding hydrogens is 300 g/mol. The molecule has 0 aliphatic carbocycles. The Balaban J connectivity index is 1.75. The van der Waals surface area contributed by atoms with E-state index < -0.39 is 0 Å². The number of carbonyl (C=O) groups excluding carboxylic acids is 1. The fraction of sp³-hybridized carbons (Fsp3) is 0.500. The summed E-state index contributed by atoms with van der Waals surface area (Å²) in [7, 11) is 0. The summed E-state index contributed by atoms with van der Waals surface area (Å²) in [4.78, 5) is 16.9. The highest BCUT2D eigenvalue weighted by Crippen LogP contribution is 2.26. The van der Waals surface area contributed by atoms with Crippen LogP contribution >= 0.6 is 0 Å². The third-order valence-corrected chi connectivity index (χ3v) is 5.23. The SMILES string of the molecule is CCC(C)(C)C(=O)NC1COCC1Cc1ccnc2ccccc12. The van der Waals surface area contributed by atoms with E-state index in [-0.39, 0.29) is 17.4 Å². The smallest absolute Gasteiger partial charge is 0.225 e. The van der Waals surface area contributed by atoms with E-state index in [0.29, 0.717) is 19.1 Å². The summed E-state index contributed by atoms with van der Waals surface area (Å²) in [5.74, 6) is 0.414. The van der Waals surface area contributed by atoms with Crippen LogP contribution in [0.15, 0.2) is 36.5 Å². The number of amides is 1. The molecule has 4 nitrogen and oxygen atoms in total. The highest BCUT2D eigenvalue weighted by atomic mass is 16.5. The molecule has 1 aliphatic rings. The number of hydrogen-bond donors (Lipinski definition) is 1. The van der Waals surface area contributed by atoms with Crippen LogP contribution < -0.4 is 5.32 Å². The van der Waals surface area contributed by atoms with Crippen molar-refractivity contribution in [1.29, 1.82) is 0 Å². The van der Waals surface area contributed by atoms with Crippen LogP contribution in [0, 0.1) is 11.3 Å². The molecule has 3 rings (SSSR count). The van der Waals surface area contributed by atoms with Crippen molar-refractivity contribution >= 4 is 16.8 Å². The summed E-state index contributed by atoms with van der Waals surface area (Å²) < 4.78 is 5.67. The van der Waals surface area contributed by atoms with Crippen LogP contribution in [-0.2, 0) is 16.0 Å². The highest BCUT2D eigenvalue weighted by molar-refractivity contribution is 5.82. The Kier molecular flexibility index (Phi) is 4.86. The number of nitrogens with one attached hydrogen (secondary N) is 1. The van der Waals surface area contributed by atoms with Crippen LogP contribution in [-0.4, -0.2) is 30.1 Å². The molecule has 1 aliphatic heterocycles. The zero-order valence-electron chi connectivity index (χ0n) is 14.7. The van der Waals surface area contributed by atoms with Gasteiger partial charge >= 0.3 is 0 Å². The van der Waals surface area contributed by atoms with Gasteiger partial charge in [0.1, 0.15) is 0 Å². The van der Waals surface area contributed by atoms with Crippen molar-refractivity contribution in [2.75, 3.05) is 13.2 Å². The first-order valence-corrected chi connectivity index (χ1v) is 8.72. The number of rotatable bonds is 5. The van der Waals surface area contributed by atoms with Crippen LogP contribution in [0.1, 0.15) is 32.8 Å². The van der Waals surface area contributed by atoms with Gasteiger partial charge in [-0.3, -0.25) is 9.78 Å². The predicted molar refractivity (Wildman–Crippen MR) is 95.8 cm³/mol. The maximum atomic E-state index is 12.5. The van der Waals surface area contributed by atoms with Crippen LogP contribution in [0.4, 0.5) is 0 Å². The molecule has 0 radical (unpaired) electrons. The first-order valence-electron chi connectivity index (χ1n) is 8.72. The minimum absolute atomic E-state index is 0.0789. The fourth-order valence-electron chi connectivity index (χ4n) is 3.10. The molecule has 0 saturated carbocycles. The number of nitrogens with zero attached hydrogens (tertiary/aromatic N) is 1. The molecule has 2 atom stereocenters. The Labute approximate surface area is 143 Å². The van der Waals surface area contributed by atoms with E-state index in [4.69, 9.17) is 4.74 Å². The molecule has 1 saturated heterocycles. The van der Waals surface area contributed by atoms with E-state index in [1.54, 1.807) is 0 Å². The molecular formula is C20H26N2O2. The molecule has 1 aromatic carbocycles. The first kappa shape index (κ1) is 16.9. The zero-order valence-corrected chi connectivity index (χ0v) is 14.7. The maximum Gasteiger partial charge on any atom is 0.225 e. The Morgan fingerprint density at radius 3 is 2.88 bits per heavy atom. The molecule has 4 heteroatoms. The Hall–Kier alpha value is -1.94. The summed E-state index contributed by atoms with van der Waals surface area (Å²) in [5.41, 5.74) is 1.95. The van der Waals surface area contributed by atoms with E-state index >= 15 is 0 Å². The maximum absolute atomic E-state index is 12.5. The van der Waals surface area contributed by atoms with Crippen molar-refractivity contribution in [3.8, 4) is 0 Å². The van der Waals surface area contributed by atoms with Gasteiger partial charge in [-0.25, -0.2) is 0 Å². The van der Waals surface area contributed by atoms with E-state index in [2.05, 4.69) is 22.4 Å². The average molecular weight is 326 g/mol. The number of ether oxygens (including phenoxy) is 1. The lowest BCUT2D eigenvalue weighted by molar-refractivity contribution is -0.130. The van der Waals surface area contributed by atoms with Crippen molar-refractivity contribution in [3.63, 3.8) is 0 Å². The largest absolute Gasteiger partial charge is 0.379 e. The minimum atomic E-state index is -0.337. The lowest BCUT2D eigenvalue weighted by Gasteiger charge is -2.26. The van der Waals surface area contributed by atoms with Gasteiger partial charge in [-0.05, 0) is 30.5 Å². The first-order chi connectivity index (χ1) is 11.5. The van der Waals surface area contributed by atoms with Crippen molar-refractivity contribution in [2.24, 2.45) is 11.3 Å². The standard InChI is InChI=1S/C20H26N2O2/c1-4-20(2,3)19(23)22-18-13-24-12-15(18)11-14-9-10-21-17-8-6-5-7-16(14)17/h5-10,15,18H,4,11-13H2,1-3H3,(H,22,23).